The number of phenolic OH excluding ortho intramolecular Hbond substituents is 1. The predicted octanol–water partition coefficient (Wildman–Crippen LogP) is 5.32. The summed E-state index contributed by atoms with van der Waals surface area (Å²) in [6.07, 6.45) is -0.728. The fraction of sp³-hybridized carbons (Fsp3) is 0.250. The predicted molar refractivity (Wildman–Crippen MR) is 114 cm³/mol. The molecule has 0 fully saturated rings. The maximum Gasteiger partial charge on any atom is 0.197 e. The summed E-state index contributed by atoms with van der Waals surface area (Å²) < 4.78 is 31.3. The summed E-state index contributed by atoms with van der Waals surface area (Å²) in [5.41, 5.74) is 2.02. The molecule has 0 saturated carbocycles. The Bertz CT molecular complexity index is 872. The van der Waals surface area contributed by atoms with Gasteiger partial charge in [0.1, 0.15) is 6.10 Å². The highest BCUT2D eigenvalue weighted by atomic mass is 35.5. The van der Waals surface area contributed by atoms with Crippen molar-refractivity contribution in [2.75, 3.05) is 13.2 Å². The number of alkyl halides is 1. The summed E-state index contributed by atoms with van der Waals surface area (Å²) >= 11 is 6.52. The Morgan fingerprint density at radius 3 is 1.90 bits per heavy atom. The summed E-state index contributed by atoms with van der Waals surface area (Å²) in [5.74, 6) is -1.21. The average Bonchev–Trinajstić information content (AvgIpc) is 2.76. The molecule has 0 aromatic heterocycles. The normalized spacial score (nSPS) is 13.0. The molecule has 0 aliphatic carbocycles. The van der Waals surface area contributed by atoms with Gasteiger partial charge in [-0.2, -0.15) is 0 Å². The van der Waals surface area contributed by atoms with E-state index >= 15 is 0 Å². The van der Waals surface area contributed by atoms with Gasteiger partial charge in [0.25, 0.3) is 0 Å². The molecule has 3 aromatic carbocycles. The van der Waals surface area contributed by atoms with Gasteiger partial charge in [0, 0.05) is 0 Å². The minimum absolute atomic E-state index is 0.103. The molecule has 6 heteroatoms. The fourth-order valence-electron chi connectivity index (χ4n) is 2.82. The standard InChI is InChI=1S/C24H24ClFO4/c25-20(16-28-14-18-8-3-1-4-9-18)23(17-29-15-19-10-5-2-6-11-19)30-24-21(26)12-7-13-22(24)27/h1-13,20,23,27H,14-17H2/t20-,23+/m1/s1. The van der Waals surface area contributed by atoms with Gasteiger partial charge in [-0.25, -0.2) is 4.39 Å². The van der Waals surface area contributed by atoms with E-state index in [1.54, 1.807) is 0 Å². The Morgan fingerprint density at radius 2 is 1.33 bits per heavy atom. The van der Waals surface area contributed by atoms with Gasteiger partial charge < -0.3 is 19.3 Å². The lowest BCUT2D eigenvalue weighted by atomic mass is 10.2. The van der Waals surface area contributed by atoms with Crippen molar-refractivity contribution in [3.05, 3.63) is 95.8 Å². The van der Waals surface area contributed by atoms with Crippen LogP contribution in [0.4, 0.5) is 4.39 Å². The highest BCUT2D eigenvalue weighted by Gasteiger charge is 2.25. The van der Waals surface area contributed by atoms with Crippen LogP contribution in [0.15, 0.2) is 78.9 Å². The summed E-state index contributed by atoms with van der Waals surface area (Å²) in [4.78, 5) is 0. The van der Waals surface area contributed by atoms with Gasteiger partial charge >= 0.3 is 0 Å². The van der Waals surface area contributed by atoms with Gasteiger partial charge in [-0.05, 0) is 23.3 Å². The highest BCUT2D eigenvalue weighted by molar-refractivity contribution is 6.21. The number of hydrogen-bond acceptors (Lipinski definition) is 4. The number of ether oxygens (including phenoxy) is 3. The van der Waals surface area contributed by atoms with E-state index in [2.05, 4.69) is 0 Å². The van der Waals surface area contributed by atoms with E-state index in [1.807, 2.05) is 60.7 Å². The average molecular weight is 431 g/mol. The second-order valence-electron chi connectivity index (χ2n) is 6.76. The van der Waals surface area contributed by atoms with E-state index in [0.717, 1.165) is 11.1 Å². The van der Waals surface area contributed by atoms with Gasteiger partial charge in [-0.3, -0.25) is 0 Å². The Morgan fingerprint density at radius 1 is 0.767 bits per heavy atom. The quantitative estimate of drug-likeness (QED) is 0.418. The van der Waals surface area contributed by atoms with Crippen LogP contribution in [0.2, 0.25) is 0 Å². The van der Waals surface area contributed by atoms with Crippen molar-refractivity contribution in [1.82, 2.24) is 0 Å². The molecule has 1 N–H and O–H groups in total. The van der Waals surface area contributed by atoms with Crippen LogP contribution in [0.3, 0.4) is 0 Å². The fourth-order valence-corrected chi connectivity index (χ4v) is 3.03. The number of phenols is 1. The SMILES string of the molecule is Oc1cccc(F)c1O[C@@H](COCc1ccccc1)[C@H](Cl)COCc1ccccc1. The monoisotopic (exact) mass is 430 g/mol. The molecule has 0 spiro atoms. The molecule has 0 unspecified atom stereocenters. The van der Waals surface area contributed by atoms with E-state index in [0.29, 0.717) is 13.2 Å². The second kappa shape index (κ2) is 11.6. The molecule has 2 atom stereocenters. The van der Waals surface area contributed by atoms with Crippen LogP contribution in [-0.2, 0) is 22.7 Å². The molecule has 0 heterocycles. The van der Waals surface area contributed by atoms with Crippen LogP contribution in [-0.4, -0.2) is 29.8 Å². The Balaban J connectivity index is 1.61. The lowest BCUT2D eigenvalue weighted by Gasteiger charge is -2.24. The zero-order valence-corrected chi connectivity index (χ0v) is 17.2. The van der Waals surface area contributed by atoms with E-state index < -0.39 is 17.3 Å². The third-order valence-electron chi connectivity index (χ3n) is 4.40. The van der Waals surface area contributed by atoms with Crippen molar-refractivity contribution in [3.63, 3.8) is 0 Å². The molecule has 0 amide bonds. The lowest BCUT2D eigenvalue weighted by Crippen LogP contribution is -2.36. The molecule has 0 bridgehead atoms. The first-order valence-corrected chi connectivity index (χ1v) is 10.1. The zero-order valence-electron chi connectivity index (χ0n) is 16.4. The van der Waals surface area contributed by atoms with Crippen LogP contribution >= 0.6 is 11.6 Å². The van der Waals surface area contributed by atoms with Gasteiger partial charge in [0.05, 0.1) is 31.8 Å². The van der Waals surface area contributed by atoms with E-state index in [4.69, 9.17) is 25.8 Å². The van der Waals surface area contributed by atoms with Gasteiger partial charge in [0.15, 0.2) is 17.3 Å². The smallest absolute Gasteiger partial charge is 0.197 e. The van der Waals surface area contributed by atoms with Gasteiger partial charge in [0.2, 0.25) is 0 Å². The van der Waals surface area contributed by atoms with Crippen LogP contribution in [0.25, 0.3) is 0 Å². The highest BCUT2D eigenvalue weighted by Crippen LogP contribution is 2.30. The number of aromatic hydroxyl groups is 1. The van der Waals surface area contributed by atoms with Gasteiger partial charge in [-0.15, -0.1) is 11.6 Å². The molecule has 3 aromatic rings. The van der Waals surface area contributed by atoms with Crippen molar-refractivity contribution in [2.45, 2.75) is 24.7 Å². The molecular weight excluding hydrogens is 407 g/mol. The van der Waals surface area contributed by atoms with Crippen molar-refractivity contribution in [1.29, 1.82) is 0 Å². The number of rotatable bonds is 11. The van der Waals surface area contributed by atoms with E-state index in [1.165, 1.54) is 18.2 Å². The molecule has 0 aliphatic heterocycles. The number of para-hydroxylation sites is 1. The molecule has 158 valence electrons. The Kier molecular flexibility index (Phi) is 8.51. The van der Waals surface area contributed by atoms with Crippen molar-refractivity contribution >= 4 is 11.6 Å². The third-order valence-corrected chi connectivity index (χ3v) is 4.81. The van der Waals surface area contributed by atoms with Crippen molar-refractivity contribution in [3.8, 4) is 11.5 Å². The molecule has 0 aliphatic rings. The van der Waals surface area contributed by atoms with Crippen LogP contribution in [0.5, 0.6) is 11.5 Å². The largest absolute Gasteiger partial charge is 0.504 e. The van der Waals surface area contributed by atoms with Crippen LogP contribution in [0, 0.1) is 5.82 Å². The third kappa shape index (κ3) is 6.73. The first-order valence-electron chi connectivity index (χ1n) is 9.65. The van der Waals surface area contributed by atoms with E-state index in [9.17, 15) is 9.50 Å². The number of halogens is 2. The molecular formula is C24H24ClFO4. The van der Waals surface area contributed by atoms with Gasteiger partial charge in [-0.1, -0.05) is 66.7 Å². The first-order chi connectivity index (χ1) is 14.6. The summed E-state index contributed by atoms with van der Waals surface area (Å²) in [6.45, 7) is 1.03. The topological polar surface area (TPSA) is 47.9 Å². The van der Waals surface area contributed by atoms with Crippen molar-refractivity contribution < 1.29 is 23.7 Å². The van der Waals surface area contributed by atoms with Crippen molar-refractivity contribution in [2.24, 2.45) is 0 Å². The minimum Gasteiger partial charge on any atom is -0.504 e. The first kappa shape index (κ1) is 22.1. The molecule has 0 saturated heterocycles. The molecule has 4 nitrogen and oxygen atoms in total. The summed E-state index contributed by atoms with van der Waals surface area (Å²) in [6, 6.07) is 23.3. The number of hydrogen-bond donors (Lipinski definition) is 1. The molecule has 0 radical (unpaired) electrons. The second-order valence-corrected chi connectivity index (χ2v) is 7.32. The minimum atomic E-state index is -0.728. The Hall–Kier alpha value is -2.60. The maximum absolute atomic E-state index is 14.1. The van der Waals surface area contributed by atoms with E-state index in [-0.39, 0.29) is 24.7 Å². The molecule has 30 heavy (non-hydrogen) atoms. The van der Waals surface area contributed by atoms with Crippen LogP contribution in [0.1, 0.15) is 11.1 Å². The summed E-state index contributed by atoms with van der Waals surface area (Å²) in [5, 5.41) is 9.35. The summed E-state index contributed by atoms with van der Waals surface area (Å²) in [7, 11) is 0. The lowest BCUT2D eigenvalue weighted by molar-refractivity contribution is 0.0171. The maximum atomic E-state index is 14.1. The molecule has 3 rings (SSSR count). The number of benzene rings is 3. The Labute approximate surface area is 180 Å². The van der Waals surface area contributed by atoms with Crippen LogP contribution < -0.4 is 4.74 Å². The zero-order chi connectivity index (χ0) is 21.2.